The standard InChI is InChI=1S/C14H22O/c1-12(2)4-3-5-13-6-8-14(9-7-13)10-11-15/h4,6,11,14H,3,5,7-10H2,1-2H3. The molecule has 0 heterocycles. The average molecular weight is 206 g/mol. The number of aldehydes is 1. The third-order valence-corrected chi connectivity index (χ3v) is 3.06. The van der Waals surface area contributed by atoms with Gasteiger partial charge in [-0.25, -0.2) is 0 Å². The van der Waals surface area contributed by atoms with Crippen molar-refractivity contribution in [3.63, 3.8) is 0 Å². The zero-order chi connectivity index (χ0) is 11.1. The molecule has 1 heteroatoms. The Kier molecular flexibility index (Phi) is 5.38. The molecule has 0 saturated carbocycles. The van der Waals surface area contributed by atoms with Crippen LogP contribution in [0.5, 0.6) is 0 Å². The van der Waals surface area contributed by atoms with E-state index in [4.69, 9.17) is 0 Å². The van der Waals surface area contributed by atoms with E-state index in [-0.39, 0.29) is 0 Å². The maximum Gasteiger partial charge on any atom is 0.120 e. The summed E-state index contributed by atoms with van der Waals surface area (Å²) in [6, 6.07) is 0. The number of rotatable bonds is 5. The van der Waals surface area contributed by atoms with Crippen LogP contribution in [0.25, 0.3) is 0 Å². The zero-order valence-electron chi connectivity index (χ0n) is 9.96. The Hall–Kier alpha value is -0.850. The summed E-state index contributed by atoms with van der Waals surface area (Å²) >= 11 is 0. The van der Waals surface area contributed by atoms with E-state index in [1.54, 1.807) is 5.57 Å². The summed E-state index contributed by atoms with van der Waals surface area (Å²) in [5.74, 6) is 0.620. The van der Waals surface area contributed by atoms with Gasteiger partial charge < -0.3 is 4.79 Å². The van der Waals surface area contributed by atoms with Gasteiger partial charge in [-0.15, -0.1) is 0 Å². The summed E-state index contributed by atoms with van der Waals surface area (Å²) in [5, 5.41) is 0. The molecule has 1 aliphatic carbocycles. The van der Waals surface area contributed by atoms with Crippen molar-refractivity contribution >= 4 is 6.29 Å². The summed E-state index contributed by atoms with van der Waals surface area (Å²) in [5.41, 5.74) is 3.00. The van der Waals surface area contributed by atoms with Gasteiger partial charge in [0.25, 0.3) is 0 Å². The molecule has 0 bridgehead atoms. The van der Waals surface area contributed by atoms with Gasteiger partial charge >= 0.3 is 0 Å². The summed E-state index contributed by atoms with van der Waals surface area (Å²) in [6.07, 6.45) is 12.4. The first-order valence-electron chi connectivity index (χ1n) is 5.97. The molecule has 84 valence electrons. The van der Waals surface area contributed by atoms with Crippen LogP contribution in [0, 0.1) is 5.92 Å². The van der Waals surface area contributed by atoms with E-state index in [0.717, 1.165) is 19.1 Å². The molecule has 0 aromatic rings. The van der Waals surface area contributed by atoms with Gasteiger partial charge in [-0.2, -0.15) is 0 Å². The summed E-state index contributed by atoms with van der Waals surface area (Å²) < 4.78 is 0. The Morgan fingerprint density at radius 2 is 2.33 bits per heavy atom. The Labute approximate surface area is 93.3 Å². The number of carbonyl (C=O) groups excluding carboxylic acids is 1. The molecule has 1 unspecified atom stereocenters. The molecule has 0 saturated heterocycles. The van der Waals surface area contributed by atoms with E-state index in [9.17, 15) is 4.79 Å². The Morgan fingerprint density at radius 3 is 2.87 bits per heavy atom. The van der Waals surface area contributed by atoms with Crippen LogP contribution in [-0.2, 0) is 4.79 Å². The average Bonchev–Trinajstić information content (AvgIpc) is 2.20. The molecule has 0 aliphatic heterocycles. The number of carbonyl (C=O) groups is 1. The first kappa shape index (κ1) is 12.2. The molecule has 1 aliphatic rings. The van der Waals surface area contributed by atoms with E-state index in [2.05, 4.69) is 26.0 Å². The van der Waals surface area contributed by atoms with Crippen molar-refractivity contribution in [1.29, 1.82) is 0 Å². The van der Waals surface area contributed by atoms with Gasteiger partial charge in [0.2, 0.25) is 0 Å². The lowest BCUT2D eigenvalue weighted by molar-refractivity contribution is -0.108. The quantitative estimate of drug-likeness (QED) is 0.490. The third-order valence-electron chi connectivity index (χ3n) is 3.06. The minimum atomic E-state index is 0.620. The molecule has 0 aromatic heterocycles. The van der Waals surface area contributed by atoms with Crippen molar-refractivity contribution in [2.24, 2.45) is 5.92 Å². The van der Waals surface area contributed by atoms with Crippen LogP contribution >= 0.6 is 0 Å². The molecule has 15 heavy (non-hydrogen) atoms. The fourth-order valence-corrected chi connectivity index (χ4v) is 2.07. The van der Waals surface area contributed by atoms with E-state index >= 15 is 0 Å². The van der Waals surface area contributed by atoms with E-state index in [1.807, 2.05) is 0 Å². The minimum Gasteiger partial charge on any atom is -0.303 e. The minimum absolute atomic E-state index is 0.620. The number of hydrogen-bond donors (Lipinski definition) is 0. The van der Waals surface area contributed by atoms with Crippen molar-refractivity contribution in [3.8, 4) is 0 Å². The van der Waals surface area contributed by atoms with Gasteiger partial charge in [-0.05, 0) is 51.9 Å². The van der Waals surface area contributed by atoms with Crippen molar-refractivity contribution in [3.05, 3.63) is 23.3 Å². The molecule has 0 N–H and O–H groups in total. The van der Waals surface area contributed by atoms with E-state index in [1.165, 1.54) is 31.3 Å². The molecule has 0 radical (unpaired) electrons. The van der Waals surface area contributed by atoms with Crippen LogP contribution in [0.15, 0.2) is 23.3 Å². The highest BCUT2D eigenvalue weighted by molar-refractivity contribution is 5.49. The van der Waals surface area contributed by atoms with Crippen LogP contribution in [0.1, 0.15) is 52.4 Å². The molecule has 1 atom stereocenters. The molecule has 0 aromatic carbocycles. The Balaban J connectivity index is 2.27. The van der Waals surface area contributed by atoms with Crippen LogP contribution in [0.4, 0.5) is 0 Å². The molecule has 0 amide bonds. The van der Waals surface area contributed by atoms with Crippen molar-refractivity contribution in [2.45, 2.75) is 52.4 Å². The molecule has 1 nitrogen and oxygen atoms in total. The molecule has 0 spiro atoms. The number of hydrogen-bond acceptors (Lipinski definition) is 1. The first-order chi connectivity index (χ1) is 7.22. The smallest absolute Gasteiger partial charge is 0.120 e. The van der Waals surface area contributed by atoms with Crippen molar-refractivity contribution in [2.75, 3.05) is 0 Å². The Bertz CT molecular complexity index is 257. The lowest BCUT2D eigenvalue weighted by Crippen LogP contribution is -2.06. The third kappa shape index (κ3) is 4.96. The zero-order valence-corrected chi connectivity index (χ0v) is 9.96. The van der Waals surface area contributed by atoms with Crippen LogP contribution in [0.2, 0.25) is 0 Å². The Morgan fingerprint density at radius 1 is 1.53 bits per heavy atom. The number of allylic oxidation sites excluding steroid dienone is 4. The fourth-order valence-electron chi connectivity index (χ4n) is 2.07. The molecule has 1 rings (SSSR count). The fraction of sp³-hybridized carbons (Fsp3) is 0.643. The summed E-state index contributed by atoms with van der Waals surface area (Å²) in [4.78, 5) is 10.4. The highest BCUT2D eigenvalue weighted by Gasteiger charge is 2.13. The van der Waals surface area contributed by atoms with E-state index in [0.29, 0.717) is 5.92 Å². The van der Waals surface area contributed by atoms with Crippen molar-refractivity contribution in [1.82, 2.24) is 0 Å². The molecular formula is C14H22O. The van der Waals surface area contributed by atoms with Gasteiger partial charge in [-0.3, -0.25) is 0 Å². The second kappa shape index (κ2) is 6.60. The topological polar surface area (TPSA) is 17.1 Å². The van der Waals surface area contributed by atoms with Gasteiger partial charge in [-0.1, -0.05) is 23.3 Å². The lowest BCUT2D eigenvalue weighted by Gasteiger charge is -2.19. The first-order valence-corrected chi connectivity index (χ1v) is 5.97. The van der Waals surface area contributed by atoms with Gasteiger partial charge in [0.05, 0.1) is 0 Å². The maximum atomic E-state index is 10.4. The van der Waals surface area contributed by atoms with Crippen LogP contribution < -0.4 is 0 Å². The van der Waals surface area contributed by atoms with E-state index < -0.39 is 0 Å². The van der Waals surface area contributed by atoms with Crippen molar-refractivity contribution < 1.29 is 4.79 Å². The maximum absolute atomic E-state index is 10.4. The second-order valence-corrected chi connectivity index (χ2v) is 4.73. The predicted octanol–water partition coefficient (Wildman–Crippen LogP) is 4.05. The second-order valence-electron chi connectivity index (χ2n) is 4.73. The van der Waals surface area contributed by atoms with Gasteiger partial charge in [0.15, 0.2) is 0 Å². The summed E-state index contributed by atoms with van der Waals surface area (Å²) in [7, 11) is 0. The highest BCUT2D eigenvalue weighted by atomic mass is 16.1. The van der Waals surface area contributed by atoms with Gasteiger partial charge in [0, 0.05) is 6.42 Å². The SMILES string of the molecule is CC(C)=CCCC1=CCC(CC=O)CC1. The van der Waals surface area contributed by atoms with Crippen LogP contribution in [0.3, 0.4) is 0 Å². The largest absolute Gasteiger partial charge is 0.303 e. The molecule has 0 fully saturated rings. The highest BCUT2D eigenvalue weighted by Crippen LogP contribution is 2.27. The predicted molar refractivity (Wildman–Crippen MR) is 64.8 cm³/mol. The monoisotopic (exact) mass is 206 g/mol. The molecular weight excluding hydrogens is 184 g/mol. The van der Waals surface area contributed by atoms with Gasteiger partial charge in [0.1, 0.15) is 6.29 Å². The van der Waals surface area contributed by atoms with Crippen LogP contribution in [-0.4, -0.2) is 6.29 Å². The normalized spacial score (nSPS) is 20.7. The lowest BCUT2D eigenvalue weighted by atomic mass is 9.86. The summed E-state index contributed by atoms with van der Waals surface area (Å²) in [6.45, 7) is 4.30.